The lowest BCUT2D eigenvalue weighted by atomic mass is 10.4. The van der Waals surface area contributed by atoms with Gasteiger partial charge < -0.3 is 31.9 Å². The zero-order valence-electron chi connectivity index (χ0n) is 17.3. The minimum atomic E-state index is 1.04. The maximum absolute atomic E-state index is 3.57. The van der Waals surface area contributed by atoms with Gasteiger partial charge in [-0.05, 0) is 6.54 Å². The van der Waals surface area contributed by atoms with Crippen molar-refractivity contribution in [3.63, 3.8) is 0 Å². The smallest absolute Gasteiger partial charge is 0.0207 e. The third-order valence-electron chi connectivity index (χ3n) is 4.56. The van der Waals surface area contributed by atoms with E-state index in [0.29, 0.717) is 0 Å². The Hall–Kier alpha value is 0.410. The predicted molar refractivity (Wildman–Crippen MR) is 125 cm³/mol. The number of halogens is 1. The fourth-order valence-corrected chi connectivity index (χ4v) is 3.37. The van der Waals surface area contributed by atoms with Gasteiger partial charge in [0.25, 0.3) is 0 Å². The fourth-order valence-electron chi connectivity index (χ4n) is 2.89. The molecule has 6 N–H and O–H groups in total. The van der Waals surface area contributed by atoms with E-state index in [1.165, 1.54) is 0 Å². The van der Waals surface area contributed by atoms with E-state index in [-0.39, 0.29) is 0 Å². The lowest BCUT2D eigenvalue weighted by molar-refractivity contribution is 0.272. The molecule has 1 heterocycles. The molecule has 9 heteroatoms. The van der Waals surface area contributed by atoms with Crippen LogP contribution in [-0.4, -0.2) is 119 Å². The Bertz CT molecular complexity index is 291. The first-order valence-electron chi connectivity index (χ1n) is 10.7. The van der Waals surface area contributed by atoms with E-state index in [0.717, 1.165) is 111 Å². The van der Waals surface area contributed by atoms with E-state index in [9.17, 15) is 0 Å². The highest BCUT2D eigenvalue weighted by Gasteiger charge is 2.05. The van der Waals surface area contributed by atoms with E-state index in [4.69, 9.17) is 0 Å². The summed E-state index contributed by atoms with van der Waals surface area (Å²) in [6.45, 7) is 20.2. The summed E-state index contributed by atoms with van der Waals surface area (Å²) in [6, 6.07) is 0. The largest absolute Gasteiger partial charge is 0.316 e. The number of nitrogens with zero attached hydrogens (tertiary/aromatic N) is 2. The lowest BCUT2D eigenvalue weighted by Gasteiger charge is -2.23. The minimum Gasteiger partial charge on any atom is -0.316 e. The second-order valence-electron chi connectivity index (χ2n) is 6.86. The van der Waals surface area contributed by atoms with Crippen molar-refractivity contribution in [1.82, 2.24) is 39.9 Å². The third kappa shape index (κ3) is 17.0. The summed E-state index contributed by atoms with van der Waals surface area (Å²) in [7, 11) is 0. The number of hydrogen-bond donors (Lipinski definition) is 6. The van der Waals surface area contributed by atoms with Gasteiger partial charge in [-0.1, -0.05) is 6.92 Å². The molecule has 162 valence electrons. The van der Waals surface area contributed by atoms with Crippen LogP contribution in [0.1, 0.15) is 6.92 Å². The van der Waals surface area contributed by atoms with Crippen LogP contribution in [-0.2, 0) is 0 Å². The standard InChI is InChI=1S/C18H43IN8/c1-2-20-3-4-21-9-14-26-15-10-22-5-7-24-12-17-27(19)18-13-25-8-6-23-11-16-26/h20-25H,2-18H2,1H3. The predicted octanol–water partition coefficient (Wildman–Crippen LogP) is -1.49. The Labute approximate surface area is 180 Å². The van der Waals surface area contributed by atoms with E-state index in [2.05, 4.69) is 69.7 Å². The molecule has 1 rings (SSSR count). The molecule has 0 aromatic carbocycles. The molecule has 0 aliphatic carbocycles. The molecular weight excluding hydrogens is 455 g/mol. The summed E-state index contributed by atoms with van der Waals surface area (Å²) >= 11 is 2.42. The molecule has 0 aromatic heterocycles. The van der Waals surface area contributed by atoms with Crippen LogP contribution >= 0.6 is 22.9 Å². The second-order valence-corrected chi connectivity index (χ2v) is 8.22. The Morgan fingerprint density at radius 3 is 1.67 bits per heavy atom. The van der Waals surface area contributed by atoms with Crippen LogP contribution in [0.25, 0.3) is 0 Å². The minimum absolute atomic E-state index is 1.04. The van der Waals surface area contributed by atoms with Gasteiger partial charge in [-0.15, -0.1) is 0 Å². The molecule has 0 amide bonds. The molecule has 0 spiro atoms. The van der Waals surface area contributed by atoms with Gasteiger partial charge in [-0.25, -0.2) is 3.11 Å². The van der Waals surface area contributed by atoms with Crippen molar-refractivity contribution in [2.24, 2.45) is 0 Å². The van der Waals surface area contributed by atoms with Crippen molar-refractivity contribution < 1.29 is 0 Å². The van der Waals surface area contributed by atoms with Gasteiger partial charge in [0, 0.05) is 128 Å². The van der Waals surface area contributed by atoms with Gasteiger partial charge in [-0.3, -0.25) is 4.90 Å². The number of likely N-dealkylation sites (N-methyl/N-ethyl adjacent to an activating group) is 1. The van der Waals surface area contributed by atoms with Crippen LogP contribution in [0.3, 0.4) is 0 Å². The normalized spacial score (nSPS) is 21.6. The van der Waals surface area contributed by atoms with Crippen molar-refractivity contribution in [3.8, 4) is 0 Å². The van der Waals surface area contributed by atoms with Crippen molar-refractivity contribution >= 4 is 22.9 Å². The van der Waals surface area contributed by atoms with Crippen LogP contribution in [0.15, 0.2) is 0 Å². The molecule has 1 aliphatic rings. The first-order chi connectivity index (χ1) is 13.3. The summed E-state index contributed by atoms with van der Waals surface area (Å²) in [5.41, 5.74) is 0. The summed E-state index contributed by atoms with van der Waals surface area (Å²) in [5, 5.41) is 21.1. The van der Waals surface area contributed by atoms with E-state index < -0.39 is 0 Å². The van der Waals surface area contributed by atoms with E-state index >= 15 is 0 Å². The fraction of sp³-hybridized carbons (Fsp3) is 1.00. The first kappa shape index (κ1) is 25.4. The molecule has 0 unspecified atom stereocenters. The van der Waals surface area contributed by atoms with Crippen LogP contribution in [0.2, 0.25) is 0 Å². The molecule has 1 aliphatic heterocycles. The average molecular weight is 499 g/mol. The number of nitrogens with one attached hydrogen (secondary N) is 6. The first-order valence-corrected chi connectivity index (χ1v) is 11.7. The highest BCUT2D eigenvalue weighted by atomic mass is 127. The molecule has 0 radical (unpaired) electrons. The molecule has 0 aromatic rings. The van der Waals surface area contributed by atoms with Gasteiger partial charge in [-0.2, -0.15) is 0 Å². The van der Waals surface area contributed by atoms with Crippen LogP contribution in [0, 0.1) is 0 Å². The van der Waals surface area contributed by atoms with Crippen molar-refractivity contribution in [2.75, 3.05) is 111 Å². The number of hydrogen-bond acceptors (Lipinski definition) is 8. The van der Waals surface area contributed by atoms with Gasteiger partial charge in [0.1, 0.15) is 0 Å². The van der Waals surface area contributed by atoms with Gasteiger partial charge in [0.2, 0.25) is 0 Å². The van der Waals surface area contributed by atoms with E-state index in [1.807, 2.05) is 0 Å². The molecule has 8 nitrogen and oxygen atoms in total. The van der Waals surface area contributed by atoms with Crippen molar-refractivity contribution in [1.29, 1.82) is 0 Å². The zero-order chi connectivity index (χ0) is 19.4. The van der Waals surface area contributed by atoms with Crippen LogP contribution in [0.5, 0.6) is 0 Å². The van der Waals surface area contributed by atoms with Gasteiger partial charge >= 0.3 is 0 Å². The molecule has 1 fully saturated rings. The monoisotopic (exact) mass is 498 g/mol. The topological polar surface area (TPSA) is 78.7 Å². The third-order valence-corrected chi connectivity index (χ3v) is 5.53. The molecule has 0 saturated carbocycles. The van der Waals surface area contributed by atoms with Gasteiger partial charge in [0.05, 0.1) is 0 Å². The molecule has 0 atom stereocenters. The summed E-state index contributed by atoms with van der Waals surface area (Å²) in [5.74, 6) is 0. The number of rotatable bonds is 7. The Kier molecular flexibility index (Phi) is 18.6. The molecule has 0 bridgehead atoms. The van der Waals surface area contributed by atoms with Crippen LogP contribution < -0.4 is 31.9 Å². The SMILES string of the molecule is CCNCCNCCN1CCNCCNCCN(I)CCNCCNCC1. The Morgan fingerprint density at radius 1 is 0.667 bits per heavy atom. The maximum Gasteiger partial charge on any atom is 0.0207 e. The molecule has 27 heavy (non-hydrogen) atoms. The molecule has 1 saturated heterocycles. The highest BCUT2D eigenvalue weighted by molar-refractivity contribution is 14.1. The Balaban J connectivity index is 2.22. The van der Waals surface area contributed by atoms with Gasteiger partial charge in [0.15, 0.2) is 0 Å². The summed E-state index contributed by atoms with van der Waals surface area (Å²) in [4.78, 5) is 2.55. The molecular formula is C18H43IN8. The van der Waals surface area contributed by atoms with Crippen molar-refractivity contribution in [2.45, 2.75) is 6.92 Å². The average Bonchev–Trinajstić information content (AvgIpc) is 2.67. The van der Waals surface area contributed by atoms with Crippen molar-refractivity contribution in [3.05, 3.63) is 0 Å². The second kappa shape index (κ2) is 19.7. The Morgan fingerprint density at radius 2 is 1.15 bits per heavy atom. The quantitative estimate of drug-likeness (QED) is 0.144. The maximum atomic E-state index is 3.57. The zero-order valence-corrected chi connectivity index (χ0v) is 19.5. The highest BCUT2D eigenvalue weighted by Crippen LogP contribution is 1.95. The van der Waals surface area contributed by atoms with Crippen LogP contribution in [0.4, 0.5) is 0 Å². The summed E-state index contributed by atoms with van der Waals surface area (Å²) in [6.07, 6.45) is 0. The summed E-state index contributed by atoms with van der Waals surface area (Å²) < 4.78 is 2.35. The van der Waals surface area contributed by atoms with E-state index in [1.54, 1.807) is 0 Å². The lowest BCUT2D eigenvalue weighted by Crippen LogP contribution is -2.43.